The average molecular weight is 275 g/mol. The van der Waals surface area contributed by atoms with Crippen LogP contribution >= 0.6 is 11.8 Å². The number of hydrogen-bond donors (Lipinski definition) is 1. The van der Waals surface area contributed by atoms with E-state index in [1.54, 1.807) is 0 Å². The van der Waals surface area contributed by atoms with E-state index < -0.39 is 0 Å². The van der Waals surface area contributed by atoms with Crippen LogP contribution in [-0.4, -0.2) is 25.3 Å². The van der Waals surface area contributed by atoms with Gasteiger partial charge in [-0.15, -0.1) is 0 Å². The third-order valence-corrected chi connectivity index (χ3v) is 4.37. The van der Waals surface area contributed by atoms with Gasteiger partial charge in [0.25, 0.3) is 0 Å². The largest absolute Gasteiger partial charge is 0.350 e. The average Bonchev–Trinajstić information content (AvgIpc) is 2.76. The van der Waals surface area contributed by atoms with Crippen LogP contribution in [0.5, 0.6) is 0 Å². The van der Waals surface area contributed by atoms with E-state index in [0.717, 1.165) is 22.6 Å². The Morgan fingerprint density at radius 1 is 1.58 bits per heavy atom. The number of thioether (sulfide) groups is 1. The summed E-state index contributed by atoms with van der Waals surface area (Å²) in [6.07, 6.45) is 6.51. The van der Waals surface area contributed by atoms with E-state index in [1.165, 1.54) is 37.2 Å². The molecule has 0 radical (unpaired) electrons. The normalized spacial score (nSPS) is 15.3. The second-order valence-electron chi connectivity index (χ2n) is 4.69. The predicted octanol–water partition coefficient (Wildman–Crippen LogP) is 1.57. The highest BCUT2D eigenvalue weighted by molar-refractivity contribution is 7.99. The molecule has 0 aliphatic heterocycles. The van der Waals surface area contributed by atoms with Gasteiger partial charge in [0, 0.05) is 5.75 Å². The van der Waals surface area contributed by atoms with Gasteiger partial charge in [-0.25, -0.2) is 9.78 Å². The molecule has 1 saturated carbocycles. The van der Waals surface area contributed by atoms with E-state index in [9.17, 15) is 4.79 Å². The molecule has 6 nitrogen and oxygen atoms in total. The first-order chi connectivity index (χ1) is 9.28. The van der Waals surface area contributed by atoms with Gasteiger partial charge in [-0.2, -0.15) is 14.9 Å². The molecule has 2 heterocycles. The van der Waals surface area contributed by atoms with Crippen molar-refractivity contribution in [3.05, 3.63) is 22.2 Å². The number of nitriles is 1. The van der Waals surface area contributed by atoms with E-state index in [0.29, 0.717) is 16.4 Å². The van der Waals surface area contributed by atoms with Gasteiger partial charge in [0.15, 0.2) is 10.8 Å². The zero-order valence-corrected chi connectivity index (χ0v) is 11.1. The van der Waals surface area contributed by atoms with Crippen LogP contribution in [0.15, 0.2) is 16.1 Å². The fraction of sp³-hybridized carbons (Fsp3) is 0.500. The molecule has 1 aliphatic carbocycles. The van der Waals surface area contributed by atoms with E-state index in [4.69, 9.17) is 5.26 Å². The van der Waals surface area contributed by atoms with Crippen LogP contribution in [0, 0.1) is 17.2 Å². The van der Waals surface area contributed by atoms with Crippen LogP contribution in [-0.2, 0) is 0 Å². The van der Waals surface area contributed by atoms with E-state index in [-0.39, 0.29) is 5.69 Å². The summed E-state index contributed by atoms with van der Waals surface area (Å²) in [5.41, 5.74) is 0.307. The van der Waals surface area contributed by atoms with Gasteiger partial charge >= 0.3 is 5.69 Å². The van der Waals surface area contributed by atoms with Crippen LogP contribution in [0.4, 0.5) is 0 Å². The van der Waals surface area contributed by atoms with E-state index in [2.05, 4.69) is 15.1 Å². The number of fused-ring (bicyclic) bond motifs is 1. The zero-order chi connectivity index (χ0) is 13.2. The minimum Gasteiger partial charge on any atom is -0.285 e. The van der Waals surface area contributed by atoms with Crippen molar-refractivity contribution in [1.82, 2.24) is 19.6 Å². The van der Waals surface area contributed by atoms with Crippen LogP contribution in [0.1, 0.15) is 31.2 Å². The van der Waals surface area contributed by atoms with Gasteiger partial charge in [-0.05, 0) is 12.3 Å². The summed E-state index contributed by atoms with van der Waals surface area (Å²) < 4.78 is 1.12. The second-order valence-corrected chi connectivity index (χ2v) is 5.77. The minimum absolute atomic E-state index is 0.326. The molecule has 0 amide bonds. The zero-order valence-electron chi connectivity index (χ0n) is 10.3. The topological polar surface area (TPSA) is 86.8 Å². The first-order valence-electron chi connectivity index (χ1n) is 6.29. The number of H-pyrrole nitrogens is 1. The predicted molar refractivity (Wildman–Crippen MR) is 71.0 cm³/mol. The Labute approximate surface area is 113 Å². The fourth-order valence-electron chi connectivity index (χ4n) is 2.12. The van der Waals surface area contributed by atoms with Gasteiger partial charge in [0.1, 0.15) is 11.6 Å². The van der Waals surface area contributed by atoms with Crippen molar-refractivity contribution in [2.45, 2.75) is 30.8 Å². The van der Waals surface area contributed by atoms with Gasteiger partial charge in [-0.3, -0.25) is 4.98 Å². The Kier molecular flexibility index (Phi) is 3.25. The Bertz CT molecular complexity index is 694. The summed E-state index contributed by atoms with van der Waals surface area (Å²) in [7, 11) is 0. The van der Waals surface area contributed by atoms with Crippen molar-refractivity contribution < 1.29 is 0 Å². The Morgan fingerprint density at radius 2 is 2.42 bits per heavy atom. The third kappa shape index (κ3) is 2.36. The highest BCUT2D eigenvalue weighted by atomic mass is 32.2. The SMILES string of the molecule is N#Cc1cnn2c(=O)[nH]c(SCCC3CCC3)nc12. The van der Waals surface area contributed by atoms with Crippen LogP contribution < -0.4 is 5.69 Å². The standard InChI is InChI=1S/C12H13N5OS/c13-6-9-7-14-17-10(9)15-11(16-12(17)18)19-5-4-8-2-1-3-8/h7-8H,1-5H2,(H,15,16,18). The monoisotopic (exact) mass is 275 g/mol. The summed E-state index contributed by atoms with van der Waals surface area (Å²) in [5.74, 6) is 1.78. The van der Waals surface area contributed by atoms with Crippen molar-refractivity contribution in [2.24, 2.45) is 5.92 Å². The molecule has 19 heavy (non-hydrogen) atoms. The highest BCUT2D eigenvalue weighted by Crippen LogP contribution is 2.31. The maximum Gasteiger partial charge on any atom is 0.350 e. The molecule has 1 fully saturated rings. The molecule has 7 heteroatoms. The fourth-order valence-corrected chi connectivity index (χ4v) is 3.07. The molecule has 0 saturated heterocycles. The Morgan fingerprint density at radius 3 is 3.11 bits per heavy atom. The molecule has 98 valence electrons. The quantitative estimate of drug-likeness (QED) is 0.856. The number of hydrogen-bond acceptors (Lipinski definition) is 5. The van der Waals surface area contributed by atoms with Gasteiger partial charge in [0.05, 0.1) is 6.20 Å². The molecule has 3 rings (SSSR count). The maximum absolute atomic E-state index is 11.8. The van der Waals surface area contributed by atoms with Crippen molar-refractivity contribution in [2.75, 3.05) is 5.75 Å². The molecule has 2 aromatic rings. The molecule has 2 aromatic heterocycles. The third-order valence-electron chi connectivity index (χ3n) is 3.47. The molecular weight excluding hydrogens is 262 g/mol. The molecular formula is C12H13N5OS. The van der Waals surface area contributed by atoms with Crippen molar-refractivity contribution in [3.63, 3.8) is 0 Å². The lowest BCUT2D eigenvalue weighted by atomic mass is 9.84. The van der Waals surface area contributed by atoms with Gasteiger partial charge in [0.2, 0.25) is 0 Å². The number of nitrogens with zero attached hydrogens (tertiary/aromatic N) is 4. The molecule has 0 spiro atoms. The van der Waals surface area contributed by atoms with Gasteiger partial charge < -0.3 is 0 Å². The van der Waals surface area contributed by atoms with Crippen LogP contribution in [0.25, 0.3) is 5.65 Å². The minimum atomic E-state index is -0.349. The molecule has 0 bridgehead atoms. The van der Waals surface area contributed by atoms with Gasteiger partial charge in [-0.1, -0.05) is 31.0 Å². The van der Waals surface area contributed by atoms with Crippen molar-refractivity contribution in [3.8, 4) is 6.07 Å². The Hall–Kier alpha value is -1.81. The summed E-state index contributed by atoms with van der Waals surface area (Å²) in [6.45, 7) is 0. The summed E-state index contributed by atoms with van der Waals surface area (Å²) in [6, 6.07) is 1.99. The van der Waals surface area contributed by atoms with E-state index >= 15 is 0 Å². The van der Waals surface area contributed by atoms with Crippen molar-refractivity contribution in [1.29, 1.82) is 5.26 Å². The first kappa shape index (κ1) is 12.2. The highest BCUT2D eigenvalue weighted by Gasteiger charge is 2.17. The van der Waals surface area contributed by atoms with Crippen LogP contribution in [0.3, 0.4) is 0 Å². The maximum atomic E-state index is 11.8. The molecule has 0 aromatic carbocycles. The number of rotatable bonds is 4. The summed E-state index contributed by atoms with van der Waals surface area (Å²) in [4.78, 5) is 18.8. The summed E-state index contributed by atoms with van der Waals surface area (Å²) >= 11 is 1.53. The molecule has 1 aliphatic rings. The van der Waals surface area contributed by atoms with E-state index in [1.807, 2.05) is 6.07 Å². The molecule has 1 N–H and O–H groups in total. The first-order valence-corrected chi connectivity index (χ1v) is 7.27. The second kappa shape index (κ2) is 5.05. The Balaban J connectivity index is 1.79. The number of aromatic nitrogens is 4. The molecule has 0 atom stereocenters. The molecule has 0 unspecified atom stereocenters. The number of aromatic amines is 1. The summed E-state index contributed by atoms with van der Waals surface area (Å²) in [5, 5.41) is 13.3. The lowest BCUT2D eigenvalue weighted by Crippen LogP contribution is -2.19. The number of nitrogens with one attached hydrogen (secondary N) is 1. The lowest BCUT2D eigenvalue weighted by Gasteiger charge is -2.24. The smallest absolute Gasteiger partial charge is 0.285 e. The lowest BCUT2D eigenvalue weighted by molar-refractivity contribution is 0.309. The van der Waals surface area contributed by atoms with Crippen molar-refractivity contribution >= 4 is 17.4 Å². The van der Waals surface area contributed by atoms with Crippen LogP contribution in [0.2, 0.25) is 0 Å².